The summed E-state index contributed by atoms with van der Waals surface area (Å²) in [6, 6.07) is 17.6. The number of rotatable bonds is 10. The molecule has 31 heavy (non-hydrogen) atoms. The van der Waals surface area contributed by atoms with Gasteiger partial charge in [-0.25, -0.2) is 12.7 Å². The molecule has 1 amide bonds. The van der Waals surface area contributed by atoms with Gasteiger partial charge in [0.05, 0.1) is 18.2 Å². The van der Waals surface area contributed by atoms with Crippen LogP contribution in [0.25, 0.3) is 0 Å². The molecule has 0 spiro atoms. The van der Waals surface area contributed by atoms with Crippen LogP contribution >= 0.6 is 0 Å². The fourth-order valence-corrected chi connectivity index (χ4v) is 5.42. The molecule has 1 fully saturated rings. The summed E-state index contributed by atoms with van der Waals surface area (Å²) in [5.41, 5.74) is 2.19. The summed E-state index contributed by atoms with van der Waals surface area (Å²) < 4.78 is 32.7. The standard InChI is InChI=1S/C24H32N2O4S/c1-20-9-5-6-14-23(20)30-17-15-25-24(27)22-13-7-16-26(19-22)31(28,29)18-8-12-21-10-3-2-4-11-21/h2-6,9-11,14,22H,7-8,12-13,15-19H2,1H3,(H,25,27)/t22-/m0/s1. The minimum atomic E-state index is -3.36. The molecule has 1 saturated heterocycles. The Hall–Kier alpha value is -2.38. The van der Waals surface area contributed by atoms with Crippen molar-refractivity contribution in [1.29, 1.82) is 0 Å². The van der Waals surface area contributed by atoms with Crippen LogP contribution in [-0.4, -0.2) is 50.6 Å². The molecule has 1 N–H and O–H groups in total. The van der Waals surface area contributed by atoms with E-state index in [4.69, 9.17) is 4.74 Å². The van der Waals surface area contributed by atoms with E-state index in [1.165, 1.54) is 4.31 Å². The number of amides is 1. The average molecular weight is 445 g/mol. The zero-order valence-electron chi connectivity index (χ0n) is 18.1. The van der Waals surface area contributed by atoms with Gasteiger partial charge in [0.1, 0.15) is 12.4 Å². The molecule has 1 aliphatic heterocycles. The van der Waals surface area contributed by atoms with Gasteiger partial charge < -0.3 is 10.1 Å². The molecule has 1 aliphatic rings. The number of hydrogen-bond acceptors (Lipinski definition) is 4. The number of piperidine rings is 1. The summed E-state index contributed by atoms with van der Waals surface area (Å²) in [4.78, 5) is 12.6. The lowest BCUT2D eigenvalue weighted by Crippen LogP contribution is -2.46. The van der Waals surface area contributed by atoms with Crippen LogP contribution in [0.2, 0.25) is 0 Å². The van der Waals surface area contributed by atoms with Crippen LogP contribution in [0.5, 0.6) is 5.75 Å². The Balaban J connectivity index is 1.42. The lowest BCUT2D eigenvalue weighted by Gasteiger charge is -2.31. The average Bonchev–Trinajstić information content (AvgIpc) is 2.78. The van der Waals surface area contributed by atoms with Crippen molar-refractivity contribution < 1.29 is 17.9 Å². The van der Waals surface area contributed by atoms with Crippen molar-refractivity contribution in [2.24, 2.45) is 5.92 Å². The quantitative estimate of drug-likeness (QED) is 0.571. The molecule has 7 heteroatoms. The molecule has 3 rings (SSSR count). The first-order valence-corrected chi connectivity index (χ1v) is 12.5. The summed E-state index contributed by atoms with van der Waals surface area (Å²) in [7, 11) is -3.36. The van der Waals surface area contributed by atoms with Gasteiger partial charge in [-0.15, -0.1) is 0 Å². The molecule has 0 unspecified atom stereocenters. The maximum Gasteiger partial charge on any atom is 0.224 e. The normalized spacial score (nSPS) is 17.3. The Morgan fingerprint density at radius 3 is 2.65 bits per heavy atom. The zero-order chi connectivity index (χ0) is 22.1. The highest BCUT2D eigenvalue weighted by Crippen LogP contribution is 2.21. The maximum atomic E-state index is 12.8. The number of aryl methyl sites for hydroxylation is 2. The van der Waals surface area contributed by atoms with Crippen molar-refractivity contribution in [1.82, 2.24) is 9.62 Å². The van der Waals surface area contributed by atoms with Gasteiger partial charge in [0.25, 0.3) is 0 Å². The number of carbonyl (C=O) groups is 1. The van der Waals surface area contributed by atoms with E-state index in [1.807, 2.05) is 61.5 Å². The largest absolute Gasteiger partial charge is 0.491 e. The van der Waals surface area contributed by atoms with E-state index in [-0.39, 0.29) is 24.1 Å². The third kappa shape index (κ3) is 7.08. The number of sulfonamides is 1. The minimum absolute atomic E-state index is 0.0995. The molecule has 1 atom stereocenters. The molecule has 0 radical (unpaired) electrons. The third-order valence-corrected chi connectivity index (χ3v) is 7.53. The monoisotopic (exact) mass is 444 g/mol. The molecule has 0 saturated carbocycles. The second-order valence-electron chi connectivity index (χ2n) is 8.01. The van der Waals surface area contributed by atoms with Crippen molar-refractivity contribution in [3.63, 3.8) is 0 Å². The summed E-state index contributed by atoms with van der Waals surface area (Å²) in [5.74, 6) is 0.511. The predicted molar refractivity (Wildman–Crippen MR) is 123 cm³/mol. The molecule has 0 aromatic heterocycles. The number of nitrogens with one attached hydrogen (secondary N) is 1. The number of nitrogens with zero attached hydrogens (tertiary/aromatic N) is 1. The lowest BCUT2D eigenvalue weighted by molar-refractivity contribution is -0.126. The van der Waals surface area contributed by atoms with Crippen LogP contribution in [0.4, 0.5) is 0 Å². The molecule has 1 heterocycles. The molecule has 168 valence electrons. The van der Waals surface area contributed by atoms with Gasteiger partial charge in [-0.05, 0) is 49.8 Å². The summed E-state index contributed by atoms with van der Waals surface area (Å²) >= 11 is 0. The Morgan fingerprint density at radius 1 is 1.13 bits per heavy atom. The molecule has 2 aromatic rings. The fourth-order valence-electron chi connectivity index (χ4n) is 3.84. The van der Waals surface area contributed by atoms with Crippen molar-refractivity contribution >= 4 is 15.9 Å². The number of benzene rings is 2. The van der Waals surface area contributed by atoms with E-state index in [0.717, 1.165) is 23.3 Å². The smallest absolute Gasteiger partial charge is 0.224 e. The number of hydrogen-bond donors (Lipinski definition) is 1. The zero-order valence-corrected chi connectivity index (χ0v) is 18.9. The van der Waals surface area contributed by atoms with Crippen LogP contribution < -0.4 is 10.1 Å². The molecule has 0 bridgehead atoms. The van der Waals surface area contributed by atoms with E-state index in [9.17, 15) is 13.2 Å². The molecular weight excluding hydrogens is 412 g/mol. The highest BCUT2D eigenvalue weighted by atomic mass is 32.2. The summed E-state index contributed by atoms with van der Waals surface area (Å²) in [6.07, 6.45) is 2.73. The maximum absolute atomic E-state index is 12.8. The van der Waals surface area contributed by atoms with Crippen LogP contribution in [0, 0.1) is 12.8 Å². The van der Waals surface area contributed by atoms with Crippen LogP contribution in [-0.2, 0) is 21.2 Å². The SMILES string of the molecule is Cc1ccccc1OCCNC(=O)[C@H]1CCCN(S(=O)(=O)CCCc2ccccc2)C1. The number of para-hydroxylation sites is 1. The minimum Gasteiger partial charge on any atom is -0.491 e. The van der Waals surface area contributed by atoms with Gasteiger partial charge in [0.15, 0.2) is 0 Å². The van der Waals surface area contributed by atoms with E-state index in [0.29, 0.717) is 39.0 Å². The lowest BCUT2D eigenvalue weighted by atomic mass is 9.99. The second-order valence-corrected chi connectivity index (χ2v) is 10.1. The fraction of sp³-hybridized carbons (Fsp3) is 0.458. The van der Waals surface area contributed by atoms with Crippen molar-refractivity contribution in [3.05, 3.63) is 65.7 Å². The summed E-state index contributed by atoms with van der Waals surface area (Å²) in [5, 5.41) is 2.89. The van der Waals surface area contributed by atoms with E-state index < -0.39 is 10.0 Å². The number of carbonyl (C=O) groups excluding carboxylic acids is 1. The van der Waals surface area contributed by atoms with Crippen LogP contribution in [0.15, 0.2) is 54.6 Å². The molecule has 0 aliphatic carbocycles. The molecular formula is C24H32N2O4S. The first-order valence-electron chi connectivity index (χ1n) is 10.9. The van der Waals surface area contributed by atoms with E-state index >= 15 is 0 Å². The van der Waals surface area contributed by atoms with Gasteiger partial charge in [0.2, 0.25) is 15.9 Å². The number of ether oxygens (including phenoxy) is 1. The van der Waals surface area contributed by atoms with E-state index in [2.05, 4.69) is 5.32 Å². The Kier molecular flexibility index (Phi) is 8.49. The van der Waals surface area contributed by atoms with Gasteiger partial charge in [-0.3, -0.25) is 4.79 Å². The van der Waals surface area contributed by atoms with Crippen LogP contribution in [0.3, 0.4) is 0 Å². The predicted octanol–water partition coefficient (Wildman–Crippen LogP) is 3.16. The highest BCUT2D eigenvalue weighted by molar-refractivity contribution is 7.89. The highest BCUT2D eigenvalue weighted by Gasteiger charge is 2.31. The van der Waals surface area contributed by atoms with Gasteiger partial charge >= 0.3 is 0 Å². The van der Waals surface area contributed by atoms with Gasteiger partial charge in [-0.1, -0.05) is 48.5 Å². The first kappa shape index (κ1) is 23.3. The summed E-state index contributed by atoms with van der Waals surface area (Å²) in [6.45, 7) is 3.51. The Bertz CT molecular complexity index is 947. The van der Waals surface area contributed by atoms with Crippen molar-refractivity contribution in [2.45, 2.75) is 32.6 Å². The Labute approximate surface area is 185 Å². The second kappa shape index (κ2) is 11.3. The first-order chi connectivity index (χ1) is 15.0. The van der Waals surface area contributed by atoms with Crippen molar-refractivity contribution in [3.8, 4) is 5.75 Å². The molecule has 2 aromatic carbocycles. The van der Waals surface area contributed by atoms with Gasteiger partial charge in [-0.2, -0.15) is 0 Å². The van der Waals surface area contributed by atoms with Crippen molar-refractivity contribution in [2.75, 3.05) is 32.0 Å². The topological polar surface area (TPSA) is 75.7 Å². The van der Waals surface area contributed by atoms with Gasteiger partial charge in [0, 0.05) is 13.1 Å². The van der Waals surface area contributed by atoms with Crippen LogP contribution in [0.1, 0.15) is 30.4 Å². The Morgan fingerprint density at radius 2 is 1.87 bits per heavy atom. The third-order valence-electron chi connectivity index (χ3n) is 5.61. The van der Waals surface area contributed by atoms with E-state index in [1.54, 1.807) is 0 Å². The molecule has 6 nitrogen and oxygen atoms in total.